The largest absolute Gasteiger partial charge is 0.448 e. The van der Waals surface area contributed by atoms with Crippen molar-refractivity contribution in [3.05, 3.63) is 58.8 Å². The molecular formula is C16H17F3N2O2. The van der Waals surface area contributed by atoms with Crippen molar-refractivity contribution in [1.29, 1.82) is 0 Å². The Balaban J connectivity index is 2.15. The number of aliphatic hydroxyl groups is 1. The summed E-state index contributed by atoms with van der Waals surface area (Å²) in [6.07, 6.45) is -5.78. The highest BCUT2D eigenvalue weighted by Gasteiger charge is 2.33. The molecule has 0 saturated heterocycles. The molecule has 0 spiro atoms. The lowest BCUT2D eigenvalue weighted by Gasteiger charge is -2.15. The predicted octanol–water partition coefficient (Wildman–Crippen LogP) is 2.81. The number of halogens is 3. The number of aliphatic hydroxyl groups excluding tert-OH is 1. The molecule has 23 heavy (non-hydrogen) atoms. The van der Waals surface area contributed by atoms with Gasteiger partial charge in [-0.2, -0.15) is 13.2 Å². The number of hydrogen-bond acceptors (Lipinski definition) is 4. The third-order valence-electron chi connectivity index (χ3n) is 3.14. The minimum Gasteiger partial charge on any atom is -0.448 e. The zero-order valence-corrected chi connectivity index (χ0v) is 12.5. The zero-order chi connectivity index (χ0) is 17.0. The number of benzene rings is 1. The van der Waals surface area contributed by atoms with Crippen LogP contribution >= 0.6 is 0 Å². The first-order chi connectivity index (χ1) is 10.8. The van der Waals surface area contributed by atoms with Crippen molar-refractivity contribution >= 4 is 0 Å². The maximum absolute atomic E-state index is 12.8. The third kappa shape index (κ3) is 4.94. The minimum atomic E-state index is -4.61. The number of nitrogens with zero attached hydrogens (tertiary/aromatic N) is 1. The molecule has 3 N–H and O–H groups in total. The molecule has 7 heteroatoms. The molecule has 4 nitrogen and oxygen atoms in total. The quantitative estimate of drug-likeness (QED) is 0.829. The van der Waals surface area contributed by atoms with Crippen LogP contribution in [0.15, 0.2) is 36.4 Å². The van der Waals surface area contributed by atoms with Gasteiger partial charge in [0.15, 0.2) is 0 Å². The molecule has 1 unspecified atom stereocenters. The summed E-state index contributed by atoms with van der Waals surface area (Å²) in [5.41, 5.74) is 6.34. The number of pyridine rings is 1. The van der Waals surface area contributed by atoms with Crippen LogP contribution in [-0.2, 0) is 19.1 Å². The first-order valence-electron chi connectivity index (χ1n) is 6.96. The number of nitrogens with two attached hydrogens (primary N) is 1. The summed E-state index contributed by atoms with van der Waals surface area (Å²) in [6.45, 7) is 1.81. The Kier molecular flexibility index (Phi) is 5.23. The molecule has 2 rings (SSSR count). The molecule has 1 atom stereocenters. The summed E-state index contributed by atoms with van der Waals surface area (Å²) in [4.78, 5) is 3.39. The van der Waals surface area contributed by atoms with Gasteiger partial charge in [-0.05, 0) is 24.1 Å². The van der Waals surface area contributed by atoms with E-state index in [0.29, 0.717) is 0 Å². The summed E-state index contributed by atoms with van der Waals surface area (Å²) in [5.74, 6) is -0.305. The predicted molar refractivity (Wildman–Crippen MR) is 78.6 cm³/mol. The first kappa shape index (κ1) is 17.2. The molecule has 124 valence electrons. The van der Waals surface area contributed by atoms with Crippen molar-refractivity contribution in [1.82, 2.24) is 4.98 Å². The maximum atomic E-state index is 12.8. The van der Waals surface area contributed by atoms with Gasteiger partial charge in [0.25, 0.3) is 0 Å². The fourth-order valence-electron chi connectivity index (χ4n) is 2.10. The number of aromatic nitrogens is 1. The van der Waals surface area contributed by atoms with Crippen molar-refractivity contribution in [2.75, 3.05) is 0 Å². The van der Waals surface area contributed by atoms with Gasteiger partial charge in [-0.25, -0.2) is 4.98 Å². The van der Waals surface area contributed by atoms with Crippen LogP contribution in [0.3, 0.4) is 0 Å². The number of hydrogen-bond donors (Lipinski definition) is 2. The number of rotatable bonds is 5. The van der Waals surface area contributed by atoms with Crippen molar-refractivity contribution in [2.45, 2.75) is 32.4 Å². The van der Waals surface area contributed by atoms with E-state index in [2.05, 4.69) is 4.98 Å². The van der Waals surface area contributed by atoms with Crippen LogP contribution in [0.25, 0.3) is 0 Å². The Morgan fingerprint density at radius 2 is 1.96 bits per heavy atom. The first-order valence-corrected chi connectivity index (χ1v) is 6.96. The molecule has 0 bridgehead atoms. The second-order valence-electron chi connectivity index (χ2n) is 5.17. The Hall–Kier alpha value is -2.12. The van der Waals surface area contributed by atoms with E-state index in [4.69, 9.17) is 10.5 Å². The van der Waals surface area contributed by atoms with E-state index < -0.39 is 18.2 Å². The highest BCUT2D eigenvalue weighted by Crippen LogP contribution is 2.30. The number of aryl methyl sites for hydroxylation is 1. The summed E-state index contributed by atoms with van der Waals surface area (Å²) in [5, 5.41) is 9.93. The van der Waals surface area contributed by atoms with E-state index in [9.17, 15) is 18.3 Å². The van der Waals surface area contributed by atoms with Crippen LogP contribution in [0.4, 0.5) is 13.2 Å². The van der Waals surface area contributed by atoms with Crippen molar-refractivity contribution in [3.63, 3.8) is 0 Å². The lowest BCUT2D eigenvalue weighted by Crippen LogP contribution is -2.20. The maximum Gasteiger partial charge on any atom is 0.433 e. The smallest absolute Gasteiger partial charge is 0.433 e. The van der Waals surface area contributed by atoms with E-state index in [1.165, 1.54) is 6.07 Å². The lowest BCUT2D eigenvalue weighted by atomic mass is 10.1. The normalized spacial score (nSPS) is 13.0. The lowest BCUT2D eigenvalue weighted by molar-refractivity contribution is -0.141. The van der Waals surface area contributed by atoms with Gasteiger partial charge >= 0.3 is 6.18 Å². The SMILES string of the molecule is Cc1cccc(CC(O)Oc2cc(CN)cc(C(F)(F)F)n2)c1. The van der Waals surface area contributed by atoms with E-state index in [-0.39, 0.29) is 24.4 Å². The Bertz CT molecular complexity index is 675. The van der Waals surface area contributed by atoms with E-state index >= 15 is 0 Å². The van der Waals surface area contributed by atoms with Crippen LogP contribution in [0.5, 0.6) is 5.88 Å². The summed E-state index contributed by atoms with van der Waals surface area (Å²) in [7, 11) is 0. The molecule has 1 aromatic carbocycles. The van der Waals surface area contributed by atoms with E-state index in [1.807, 2.05) is 25.1 Å². The van der Waals surface area contributed by atoms with Gasteiger partial charge in [-0.3, -0.25) is 0 Å². The monoisotopic (exact) mass is 326 g/mol. The highest BCUT2D eigenvalue weighted by molar-refractivity contribution is 5.27. The molecule has 0 fully saturated rings. The molecule has 0 aliphatic heterocycles. The van der Waals surface area contributed by atoms with Crippen LogP contribution in [0.1, 0.15) is 22.4 Å². The minimum absolute atomic E-state index is 0.0874. The molecule has 0 radical (unpaired) electrons. The fourth-order valence-corrected chi connectivity index (χ4v) is 2.10. The van der Waals surface area contributed by atoms with Gasteiger partial charge in [0.1, 0.15) is 5.69 Å². The van der Waals surface area contributed by atoms with Crippen molar-refractivity contribution in [2.24, 2.45) is 5.73 Å². The molecule has 0 aliphatic carbocycles. The van der Waals surface area contributed by atoms with Gasteiger partial charge in [0, 0.05) is 19.0 Å². The van der Waals surface area contributed by atoms with Crippen LogP contribution in [0, 0.1) is 6.92 Å². The molecule has 1 heterocycles. The van der Waals surface area contributed by atoms with Crippen LogP contribution < -0.4 is 10.5 Å². The standard InChI is InChI=1S/C16H17F3N2O2/c1-10-3-2-4-11(5-10)8-15(22)23-14-7-12(9-20)6-13(21-14)16(17,18)19/h2-7,15,22H,8-9,20H2,1H3. The second-order valence-corrected chi connectivity index (χ2v) is 5.17. The number of alkyl halides is 3. The van der Waals surface area contributed by atoms with E-state index in [0.717, 1.165) is 17.2 Å². The molecule has 0 amide bonds. The Morgan fingerprint density at radius 3 is 2.57 bits per heavy atom. The molecule has 1 aromatic heterocycles. The molecule has 0 saturated carbocycles. The average Bonchev–Trinajstić information content (AvgIpc) is 2.45. The Morgan fingerprint density at radius 1 is 1.22 bits per heavy atom. The molecule has 2 aromatic rings. The summed E-state index contributed by atoms with van der Waals surface area (Å²) in [6, 6.07) is 9.53. The average molecular weight is 326 g/mol. The molecular weight excluding hydrogens is 309 g/mol. The van der Waals surface area contributed by atoms with Crippen LogP contribution in [-0.4, -0.2) is 16.4 Å². The van der Waals surface area contributed by atoms with Crippen molar-refractivity contribution < 1.29 is 23.0 Å². The highest BCUT2D eigenvalue weighted by atomic mass is 19.4. The second kappa shape index (κ2) is 6.97. The van der Waals surface area contributed by atoms with Gasteiger partial charge < -0.3 is 15.6 Å². The van der Waals surface area contributed by atoms with Crippen molar-refractivity contribution in [3.8, 4) is 5.88 Å². The molecule has 0 aliphatic rings. The Labute approximate surface area is 131 Å². The van der Waals surface area contributed by atoms with Gasteiger partial charge in [-0.15, -0.1) is 0 Å². The topological polar surface area (TPSA) is 68.4 Å². The fraction of sp³-hybridized carbons (Fsp3) is 0.312. The van der Waals surface area contributed by atoms with Gasteiger partial charge in [0.2, 0.25) is 12.2 Å². The summed E-state index contributed by atoms with van der Waals surface area (Å²) < 4.78 is 43.5. The van der Waals surface area contributed by atoms with E-state index in [1.54, 1.807) is 6.07 Å². The summed E-state index contributed by atoms with van der Waals surface area (Å²) >= 11 is 0. The zero-order valence-electron chi connectivity index (χ0n) is 12.5. The van der Waals surface area contributed by atoms with Gasteiger partial charge in [0.05, 0.1) is 0 Å². The van der Waals surface area contributed by atoms with Gasteiger partial charge in [-0.1, -0.05) is 29.8 Å². The van der Waals surface area contributed by atoms with Crippen LogP contribution in [0.2, 0.25) is 0 Å². The number of ether oxygens (including phenoxy) is 1. The third-order valence-corrected chi connectivity index (χ3v) is 3.14.